The monoisotopic (exact) mass is 805 g/mol. The third-order valence-electron chi connectivity index (χ3n) is 6.93. The van der Waals surface area contributed by atoms with Crippen molar-refractivity contribution in [2.45, 2.75) is 240 Å². The summed E-state index contributed by atoms with van der Waals surface area (Å²) in [6.07, 6.45) is 7.50. The Morgan fingerprint density at radius 3 is 0.719 bits per heavy atom. The van der Waals surface area contributed by atoms with Gasteiger partial charge in [0.25, 0.3) is 0 Å². The van der Waals surface area contributed by atoms with Crippen molar-refractivity contribution in [1.82, 2.24) is 0 Å². The first kappa shape index (κ1) is 66.3. The zero-order valence-corrected chi connectivity index (χ0v) is 42.5. The van der Waals surface area contributed by atoms with Gasteiger partial charge in [0.1, 0.15) is 17.5 Å². The molecule has 0 amide bonds. The van der Waals surface area contributed by atoms with Gasteiger partial charge >= 0.3 is 0 Å². The standard InChI is InChI=1S/C12H16F2.C12H17F.C12H18.6C3H8/c1-7(2)9-5-10(13)12(8(3)4)11(14)6-9;1-8(2)10-5-6-11(9(3)4)12(13)7-10;1-9(2)11-5-7-12(8-6-11)10(3)4;6*1-3-2/h5-8H,1-4H3;5-9H,1-4H3;5-10H,1-4H3;6*3H2,1-2H3. The van der Waals surface area contributed by atoms with Crippen LogP contribution in [0, 0.1) is 17.5 Å². The maximum Gasteiger partial charge on any atom is 0.129 e. The number of hydrogen-bond donors (Lipinski definition) is 0. The number of rotatable bonds is 6. The summed E-state index contributed by atoms with van der Waals surface area (Å²) in [5, 5.41) is 0. The topological polar surface area (TPSA) is 0 Å². The maximum absolute atomic E-state index is 13.5. The van der Waals surface area contributed by atoms with E-state index < -0.39 is 11.6 Å². The Labute approximate surface area is 357 Å². The molecule has 3 aromatic carbocycles. The molecule has 0 heterocycles. The van der Waals surface area contributed by atoms with Gasteiger partial charge in [0.15, 0.2) is 0 Å². The second-order valence-corrected chi connectivity index (χ2v) is 16.5. The summed E-state index contributed by atoms with van der Waals surface area (Å²) in [7, 11) is 0. The molecular weight excluding hydrogens is 706 g/mol. The van der Waals surface area contributed by atoms with Crippen LogP contribution in [0.25, 0.3) is 0 Å². The second-order valence-electron chi connectivity index (χ2n) is 16.5. The molecule has 0 nitrogen and oxygen atoms in total. The van der Waals surface area contributed by atoms with Crippen LogP contribution in [0.15, 0.2) is 54.6 Å². The van der Waals surface area contributed by atoms with E-state index in [-0.39, 0.29) is 29.1 Å². The highest BCUT2D eigenvalue weighted by Crippen LogP contribution is 2.26. The fourth-order valence-electron chi connectivity index (χ4n) is 4.13. The Morgan fingerprint density at radius 1 is 0.298 bits per heavy atom. The molecular formula is C54H99F3. The zero-order valence-electron chi connectivity index (χ0n) is 42.5. The zero-order chi connectivity index (χ0) is 46.3. The van der Waals surface area contributed by atoms with Gasteiger partial charge in [-0.3, -0.25) is 0 Å². The SMILES string of the molecule is CC(C)c1cc(F)c(C(C)C)c(F)c1.CC(C)c1ccc(C(C)C)c(F)c1.CC(C)c1ccc(C(C)C)cc1.CCC.CCC.CCC.CCC.CCC.CCC. The molecule has 0 unspecified atom stereocenters. The van der Waals surface area contributed by atoms with E-state index in [1.165, 1.54) is 61.8 Å². The highest BCUT2D eigenvalue weighted by atomic mass is 19.1. The fraction of sp³-hybridized carbons (Fsp3) is 0.667. The van der Waals surface area contributed by atoms with E-state index in [4.69, 9.17) is 0 Å². The van der Waals surface area contributed by atoms with E-state index in [1.807, 2.05) is 39.8 Å². The first-order valence-electron chi connectivity index (χ1n) is 22.9. The van der Waals surface area contributed by atoms with E-state index in [2.05, 4.69) is 149 Å². The Hall–Kier alpha value is -2.55. The first-order chi connectivity index (χ1) is 26.5. The first-order valence-corrected chi connectivity index (χ1v) is 22.9. The lowest BCUT2D eigenvalue weighted by Gasteiger charge is -2.12. The van der Waals surface area contributed by atoms with Crippen LogP contribution in [0.3, 0.4) is 0 Å². The van der Waals surface area contributed by atoms with E-state index in [9.17, 15) is 13.2 Å². The summed E-state index contributed by atoms with van der Waals surface area (Å²) in [4.78, 5) is 0. The van der Waals surface area contributed by atoms with E-state index in [0.29, 0.717) is 23.3 Å². The minimum absolute atomic E-state index is 0.0683. The van der Waals surface area contributed by atoms with Crippen molar-refractivity contribution in [1.29, 1.82) is 0 Å². The molecule has 0 bridgehead atoms. The molecule has 0 aromatic heterocycles. The molecule has 0 aliphatic rings. The molecule has 0 saturated heterocycles. The molecule has 3 aromatic rings. The van der Waals surface area contributed by atoms with E-state index in [1.54, 1.807) is 19.9 Å². The van der Waals surface area contributed by atoms with Gasteiger partial charge in [-0.05, 0) is 81.5 Å². The Kier molecular flexibility index (Phi) is 51.8. The van der Waals surface area contributed by atoms with Gasteiger partial charge in [0.05, 0.1) is 0 Å². The van der Waals surface area contributed by atoms with Gasteiger partial charge in [-0.1, -0.05) is 241 Å². The quantitative estimate of drug-likeness (QED) is 0.233. The predicted octanol–water partition coefficient (Wildman–Crippen LogP) is 20.7. The van der Waals surface area contributed by atoms with Crippen molar-refractivity contribution in [3.63, 3.8) is 0 Å². The van der Waals surface area contributed by atoms with Crippen LogP contribution in [0.5, 0.6) is 0 Å². The number of halogens is 3. The average Bonchev–Trinajstić information content (AvgIpc) is 3.10. The lowest BCUT2D eigenvalue weighted by atomic mass is 9.96. The molecule has 0 spiro atoms. The normalized spacial score (nSPS) is 9.63. The molecule has 0 N–H and O–H groups in total. The number of benzene rings is 3. The van der Waals surface area contributed by atoms with Crippen LogP contribution < -0.4 is 0 Å². The molecule has 0 radical (unpaired) electrons. The highest BCUT2D eigenvalue weighted by Gasteiger charge is 2.15. The van der Waals surface area contributed by atoms with Crippen molar-refractivity contribution in [3.8, 4) is 0 Å². The van der Waals surface area contributed by atoms with Crippen molar-refractivity contribution in [2.75, 3.05) is 0 Å². The van der Waals surface area contributed by atoms with E-state index >= 15 is 0 Å². The molecule has 0 saturated carbocycles. The molecule has 336 valence electrons. The third kappa shape index (κ3) is 38.7. The van der Waals surface area contributed by atoms with Gasteiger partial charge in [-0.15, -0.1) is 0 Å². The Bertz CT molecular complexity index is 1170. The fourth-order valence-corrected chi connectivity index (χ4v) is 4.13. The summed E-state index contributed by atoms with van der Waals surface area (Å²) in [6, 6.07) is 17.4. The number of hydrogen-bond acceptors (Lipinski definition) is 0. The second kappa shape index (κ2) is 44.6. The van der Waals surface area contributed by atoms with Gasteiger partial charge in [-0.2, -0.15) is 0 Å². The Morgan fingerprint density at radius 2 is 0.526 bits per heavy atom. The maximum atomic E-state index is 13.5. The summed E-state index contributed by atoms with van der Waals surface area (Å²) in [5.74, 6) is 1.07. The lowest BCUT2D eigenvalue weighted by molar-refractivity contribution is 0.536. The molecule has 0 aliphatic carbocycles. The van der Waals surface area contributed by atoms with Gasteiger partial charge in [0.2, 0.25) is 0 Å². The average molecular weight is 805 g/mol. The van der Waals surface area contributed by atoms with Crippen molar-refractivity contribution in [3.05, 3.63) is 105 Å². The van der Waals surface area contributed by atoms with Crippen LogP contribution in [0.2, 0.25) is 0 Å². The Balaban J connectivity index is -0.000000142. The summed E-state index contributed by atoms with van der Waals surface area (Å²) in [6.45, 7) is 50.0. The van der Waals surface area contributed by atoms with Gasteiger partial charge in [0, 0.05) is 5.56 Å². The molecule has 3 rings (SSSR count). The minimum Gasteiger partial charge on any atom is -0.207 e. The van der Waals surface area contributed by atoms with Crippen LogP contribution in [-0.4, -0.2) is 0 Å². The molecule has 57 heavy (non-hydrogen) atoms. The van der Waals surface area contributed by atoms with Crippen LogP contribution in [0.4, 0.5) is 13.2 Å². The smallest absolute Gasteiger partial charge is 0.129 e. The van der Waals surface area contributed by atoms with Crippen molar-refractivity contribution in [2.24, 2.45) is 0 Å². The molecule has 0 fully saturated rings. The van der Waals surface area contributed by atoms with Crippen LogP contribution in [0.1, 0.15) is 274 Å². The predicted molar refractivity (Wildman–Crippen MR) is 260 cm³/mol. The summed E-state index contributed by atoms with van der Waals surface area (Å²) >= 11 is 0. The van der Waals surface area contributed by atoms with Gasteiger partial charge in [-0.25, -0.2) is 13.2 Å². The third-order valence-corrected chi connectivity index (χ3v) is 6.93. The minimum atomic E-state index is -0.427. The molecule has 0 atom stereocenters. The summed E-state index contributed by atoms with van der Waals surface area (Å²) < 4.78 is 40.4. The molecule has 3 heteroatoms. The van der Waals surface area contributed by atoms with Crippen molar-refractivity contribution >= 4 is 0 Å². The van der Waals surface area contributed by atoms with Crippen molar-refractivity contribution < 1.29 is 13.2 Å². The van der Waals surface area contributed by atoms with Gasteiger partial charge < -0.3 is 0 Å². The molecule has 0 aliphatic heterocycles. The largest absolute Gasteiger partial charge is 0.207 e. The van der Waals surface area contributed by atoms with Crippen LogP contribution in [-0.2, 0) is 0 Å². The van der Waals surface area contributed by atoms with Crippen LogP contribution >= 0.6 is 0 Å². The van der Waals surface area contributed by atoms with E-state index in [0.717, 1.165) is 11.1 Å². The lowest BCUT2D eigenvalue weighted by Crippen LogP contribution is -2.01. The highest BCUT2D eigenvalue weighted by molar-refractivity contribution is 5.30. The summed E-state index contributed by atoms with van der Waals surface area (Å²) in [5.41, 5.74) is 5.64.